The maximum Gasteiger partial charge on any atom is 0.272 e. The van der Waals surface area contributed by atoms with Gasteiger partial charge in [-0.3, -0.25) is 4.79 Å². The summed E-state index contributed by atoms with van der Waals surface area (Å²) < 4.78 is 2.08. The predicted molar refractivity (Wildman–Crippen MR) is 63.5 cm³/mol. The fraction of sp³-hybridized carbons (Fsp3) is 0.417. The van der Waals surface area contributed by atoms with Gasteiger partial charge >= 0.3 is 0 Å². The maximum absolute atomic E-state index is 11.7. The molecule has 16 heavy (non-hydrogen) atoms. The van der Waals surface area contributed by atoms with E-state index in [1.54, 1.807) is 6.20 Å². The van der Waals surface area contributed by atoms with Gasteiger partial charge in [0.1, 0.15) is 5.52 Å². The van der Waals surface area contributed by atoms with Crippen LogP contribution in [0.2, 0.25) is 0 Å². The average Bonchev–Trinajstić information content (AvgIpc) is 2.90. The van der Waals surface area contributed by atoms with Crippen molar-refractivity contribution in [2.45, 2.75) is 13.0 Å². The first kappa shape index (κ1) is 9.66. The molecule has 1 saturated heterocycles. The highest BCUT2D eigenvalue weighted by molar-refractivity contribution is 5.78. The molecule has 1 aliphatic rings. The Bertz CT molecular complexity index is 549. The van der Waals surface area contributed by atoms with Crippen molar-refractivity contribution in [1.82, 2.24) is 14.9 Å². The average molecular weight is 217 g/mol. The van der Waals surface area contributed by atoms with Gasteiger partial charge < -0.3 is 14.9 Å². The number of rotatable bonds is 2. The van der Waals surface area contributed by atoms with Crippen molar-refractivity contribution in [1.29, 1.82) is 0 Å². The minimum atomic E-state index is 0.00783. The van der Waals surface area contributed by atoms with E-state index in [-0.39, 0.29) is 5.56 Å². The molecule has 2 aromatic rings. The quantitative estimate of drug-likeness (QED) is 0.786. The van der Waals surface area contributed by atoms with E-state index >= 15 is 0 Å². The highest BCUT2D eigenvalue weighted by Gasteiger charge is 2.16. The monoisotopic (exact) mass is 217 g/mol. The first-order valence-electron chi connectivity index (χ1n) is 5.72. The van der Waals surface area contributed by atoms with Crippen LogP contribution in [0.1, 0.15) is 6.42 Å². The number of fused-ring (bicyclic) bond motifs is 1. The fourth-order valence-corrected chi connectivity index (χ4v) is 2.46. The molecule has 1 aliphatic heterocycles. The molecule has 0 aliphatic carbocycles. The molecule has 0 saturated carbocycles. The van der Waals surface area contributed by atoms with Crippen LogP contribution in [0.4, 0.5) is 0 Å². The summed E-state index contributed by atoms with van der Waals surface area (Å²) in [6.07, 6.45) is 4.91. The van der Waals surface area contributed by atoms with Crippen molar-refractivity contribution < 1.29 is 0 Å². The zero-order valence-corrected chi connectivity index (χ0v) is 9.07. The molecule has 4 nitrogen and oxygen atoms in total. The molecule has 2 N–H and O–H groups in total. The predicted octanol–water partition coefficient (Wildman–Crippen LogP) is 0.939. The van der Waals surface area contributed by atoms with Crippen LogP contribution < -0.4 is 10.9 Å². The van der Waals surface area contributed by atoms with Crippen LogP contribution in [0, 0.1) is 5.92 Å². The van der Waals surface area contributed by atoms with Crippen molar-refractivity contribution in [2.24, 2.45) is 5.92 Å². The minimum Gasteiger partial charge on any atom is -0.343 e. The molecule has 1 unspecified atom stereocenters. The van der Waals surface area contributed by atoms with Gasteiger partial charge in [-0.05, 0) is 37.6 Å². The molecule has 0 aromatic carbocycles. The van der Waals surface area contributed by atoms with Gasteiger partial charge in [0.25, 0.3) is 5.56 Å². The van der Waals surface area contributed by atoms with Crippen molar-refractivity contribution in [2.75, 3.05) is 13.1 Å². The first-order chi connectivity index (χ1) is 7.84. The van der Waals surface area contributed by atoms with Gasteiger partial charge in [-0.25, -0.2) is 0 Å². The lowest BCUT2D eigenvalue weighted by Gasteiger charge is -2.10. The number of hydrogen-bond acceptors (Lipinski definition) is 2. The second-order valence-electron chi connectivity index (χ2n) is 4.44. The van der Waals surface area contributed by atoms with Gasteiger partial charge in [-0.2, -0.15) is 0 Å². The Morgan fingerprint density at radius 2 is 2.38 bits per heavy atom. The third-order valence-corrected chi connectivity index (χ3v) is 3.30. The first-order valence-corrected chi connectivity index (χ1v) is 5.72. The summed E-state index contributed by atoms with van der Waals surface area (Å²) in [5.74, 6) is 0.648. The van der Waals surface area contributed by atoms with Crippen LogP contribution in [0.5, 0.6) is 0 Å². The number of nitrogens with zero attached hydrogens (tertiary/aromatic N) is 1. The standard InChI is InChI=1S/C12H15N3O/c16-12-11-10(2-5-14-12)3-6-15(11)8-9-1-4-13-7-9/h2-3,5-6,9,13H,1,4,7-8H2,(H,14,16). The van der Waals surface area contributed by atoms with Crippen LogP contribution in [-0.4, -0.2) is 22.6 Å². The molecule has 0 spiro atoms. The Labute approximate surface area is 93.3 Å². The Morgan fingerprint density at radius 3 is 3.19 bits per heavy atom. The summed E-state index contributed by atoms with van der Waals surface area (Å²) in [4.78, 5) is 14.5. The summed E-state index contributed by atoms with van der Waals surface area (Å²) in [6, 6.07) is 3.95. The van der Waals surface area contributed by atoms with Crippen molar-refractivity contribution in [3.8, 4) is 0 Å². The lowest BCUT2D eigenvalue weighted by Crippen LogP contribution is -2.17. The van der Waals surface area contributed by atoms with Gasteiger partial charge in [0.2, 0.25) is 0 Å². The Kier molecular flexibility index (Phi) is 2.29. The van der Waals surface area contributed by atoms with E-state index < -0.39 is 0 Å². The zero-order chi connectivity index (χ0) is 11.0. The SMILES string of the molecule is O=c1[nH]ccc2ccn(CC3CCNC3)c12. The number of H-pyrrole nitrogens is 1. The summed E-state index contributed by atoms with van der Waals surface area (Å²) in [6.45, 7) is 3.09. The molecule has 1 atom stereocenters. The number of hydrogen-bond donors (Lipinski definition) is 2. The van der Waals surface area contributed by atoms with Gasteiger partial charge in [0, 0.05) is 24.3 Å². The second kappa shape index (κ2) is 3.79. The van der Waals surface area contributed by atoms with Gasteiger partial charge in [0.05, 0.1) is 0 Å². The lowest BCUT2D eigenvalue weighted by molar-refractivity contribution is 0.490. The van der Waals surface area contributed by atoms with Crippen LogP contribution in [0.25, 0.3) is 10.9 Å². The lowest BCUT2D eigenvalue weighted by atomic mass is 10.1. The summed E-state index contributed by atoms with van der Waals surface area (Å²) >= 11 is 0. The number of pyridine rings is 1. The Balaban J connectivity index is 2.00. The largest absolute Gasteiger partial charge is 0.343 e. The van der Waals surface area contributed by atoms with Crippen molar-refractivity contribution in [3.05, 3.63) is 34.9 Å². The normalized spacial score (nSPS) is 20.6. The van der Waals surface area contributed by atoms with Crippen molar-refractivity contribution in [3.63, 3.8) is 0 Å². The van der Waals surface area contributed by atoms with E-state index in [0.29, 0.717) is 5.92 Å². The topological polar surface area (TPSA) is 49.8 Å². The molecule has 84 valence electrons. The van der Waals surface area contributed by atoms with E-state index in [1.807, 2.05) is 18.3 Å². The van der Waals surface area contributed by atoms with Crippen molar-refractivity contribution >= 4 is 10.9 Å². The van der Waals surface area contributed by atoms with Crippen LogP contribution in [0.15, 0.2) is 29.3 Å². The van der Waals surface area contributed by atoms with Crippen LogP contribution in [0.3, 0.4) is 0 Å². The molecule has 4 heteroatoms. The van der Waals surface area contributed by atoms with E-state index in [2.05, 4.69) is 14.9 Å². The third-order valence-electron chi connectivity index (χ3n) is 3.30. The minimum absolute atomic E-state index is 0.00783. The Morgan fingerprint density at radius 1 is 1.44 bits per heavy atom. The number of aromatic nitrogens is 2. The molecular weight excluding hydrogens is 202 g/mol. The van der Waals surface area contributed by atoms with Gasteiger partial charge in [-0.15, -0.1) is 0 Å². The third kappa shape index (κ3) is 1.55. The molecular formula is C12H15N3O. The molecule has 3 rings (SSSR count). The zero-order valence-electron chi connectivity index (χ0n) is 9.07. The second-order valence-corrected chi connectivity index (χ2v) is 4.44. The summed E-state index contributed by atoms with van der Waals surface area (Å²) in [7, 11) is 0. The fourth-order valence-electron chi connectivity index (χ4n) is 2.46. The highest BCUT2D eigenvalue weighted by Crippen LogP contribution is 2.15. The van der Waals surface area contributed by atoms with Crippen LogP contribution >= 0.6 is 0 Å². The van der Waals surface area contributed by atoms with Crippen LogP contribution in [-0.2, 0) is 6.54 Å². The molecule has 0 radical (unpaired) electrons. The molecule has 3 heterocycles. The smallest absolute Gasteiger partial charge is 0.272 e. The van der Waals surface area contributed by atoms with Gasteiger partial charge in [-0.1, -0.05) is 0 Å². The van der Waals surface area contributed by atoms with E-state index in [0.717, 1.165) is 30.5 Å². The highest BCUT2D eigenvalue weighted by atomic mass is 16.1. The molecule has 0 amide bonds. The van der Waals surface area contributed by atoms with E-state index in [4.69, 9.17) is 0 Å². The molecule has 0 bridgehead atoms. The maximum atomic E-state index is 11.7. The van der Waals surface area contributed by atoms with Gasteiger partial charge in [0.15, 0.2) is 0 Å². The number of nitrogens with one attached hydrogen (secondary N) is 2. The van der Waals surface area contributed by atoms with E-state index in [1.165, 1.54) is 6.42 Å². The molecule has 2 aromatic heterocycles. The molecule has 1 fully saturated rings. The Hall–Kier alpha value is -1.55. The number of aromatic amines is 1. The summed E-state index contributed by atoms with van der Waals surface area (Å²) in [5, 5.41) is 4.37. The summed E-state index contributed by atoms with van der Waals surface area (Å²) in [5.41, 5.74) is 0.808. The van der Waals surface area contributed by atoms with E-state index in [9.17, 15) is 4.79 Å².